The van der Waals surface area contributed by atoms with Gasteiger partial charge in [-0.2, -0.15) is 4.98 Å². The Kier molecular flexibility index (Phi) is 5.12. The highest BCUT2D eigenvalue weighted by Crippen LogP contribution is 2.37. The maximum absolute atomic E-state index is 9.64. The summed E-state index contributed by atoms with van der Waals surface area (Å²) in [7, 11) is 3.16. The average Bonchev–Trinajstić information content (AvgIpc) is 3.24. The van der Waals surface area contributed by atoms with Crippen molar-refractivity contribution in [1.82, 2.24) is 15.1 Å². The highest BCUT2D eigenvalue weighted by atomic mass is 16.5. The summed E-state index contributed by atoms with van der Waals surface area (Å²) in [6.45, 7) is 1.60. The summed E-state index contributed by atoms with van der Waals surface area (Å²) in [6.07, 6.45) is 3.04. The van der Waals surface area contributed by atoms with Crippen molar-refractivity contribution >= 4 is 5.82 Å². The fraction of sp³-hybridized carbons (Fsp3) is 0.350. The lowest BCUT2D eigenvalue weighted by molar-refractivity contribution is 0.145. The van der Waals surface area contributed by atoms with E-state index < -0.39 is 0 Å². The topological polar surface area (TPSA) is 93.7 Å². The molecule has 0 atom stereocenters. The van der Waals surface area contributed by atoms with E-state index in [2.05, 4.69) is 20.0 Å². The van der Waals surface area contributed by atoms with Crippen LogP contribution in [0, 0.1) is 0 Å². The molecule has 1 aliphatic rings. The fourth-order valence-corrected chi connectivity index (χ4v) is 3.31. The molecule has 1 fully saturated rings. The molecule has 146 valence electrons. The number of para-hydroxylation sites is 1. The van der Waals surface area contributed by atoms with Crippen LogP contribution in [0.15, 0.2) is 41.1 Å². The number of ether oxygens (including phenoxy) is 2. The first-order valence-corrected chi connectivity index (χ1v) is 9.14. The predicted molar refractivity (Wildman–Crippen MR) is 104 cm³/mol. The molecule has 3 aromatic rings. The number of hydrogen-bond donors (Lipinski definition) is 1. The Morgan fingerprint density at radius 1 is 1.11 bits per heavy atom. The Morgan fingerprint density at radius 3 is 2.61 bits per heavy atom. The minimum Gasteiger partial charge on any atom is -0.493 e. The van der Waals surface area contributed by atoms with Crippen molar-refractivity contribution in [2.45, 2.75) is 18.9 Å². The van der Waals surface area contributed by atoms with Gasteiger partial charge in [0, 0.05) is 19.3 Å². The summed E-state index contributed by atoms with van der Waals surface area (Å²) in [5.74, 6) is 2.83. The Labute approximate surface area is 162 Å². The first-order chi connectivity index (χ1) is 13.7. The Bertz CT molecular complexity index is 934. The molecule has 0 radical (unpaired) electrons. The number of aromatic nitrogens is 3. The second-order valence-corrected chi connectivity index (χ2v) is 6.59. The van der Waals surface area contributed by atoms with Crippen molar-refractivity contribution in [3.8, 4) is 34.3 Å². The number of benzene rings is 1. The summed E-state index contributed by atoms with van der Waals surface area (Å²) in [5, 5.41) is 13.7. The molecule has 0 spiro atoms. The number of pyridine rings is 1. The summed E-state index contributed by atoms with van der Waals surface area (Å²) in [6, 6.07) is 9.35. The molecule has 0 aliphatic carbocycles. The molecule has 4 rings (SSSR count). The van der Waals surface area contributed by atoms with E-state index in [1.165, 1.54) is 0 Å². The van der Waals surface area contributed by atoms with Crippen molar-refractivity contribution in [2.24, 2.45) is 0 Å². The third-order valence-electron chi connectivity index (χ3n) is 4.85. The van der Waals surface area contributed by atoms with E-state index in [1.54, 1.807) is 20.4 Å². The van der Waals surface area contributed by atoms with Crippen LogP contribution in [0.2, 0.25) is 0 Å². The van der Waals surface area contributed by atoms with E-state index in [0.29, 0.717) is 28.8 Å². The van der Waals surface area contributed by atoms with Crippen LogP contribution in [0.25, 0.3) is 22.8 Å². The van der Waals surface area contributed by atoms with Gasteiger partial charge in [-0.3, -0.25) is 0 Å². The van der Waals surface area contributed by atoms with Crippen molar-refractivity contribution in [3.05, 3.63) is 36.5 Å². The molecular formula is C20H22N4O4. The molecule has 1 saturated heterocycles. The van der Waals surface area contributed by atoms with Gasteiger partial charge in [-0.05, 0) is 37.1 Å². The van der Waals surface area contributed by atoms with Crippen LogP contribution in [-0.4, -0.2) is 53.6 Å². The van der Waals surface area contributed by atoms with E-state index in [0.717, 1.165) is 37.3 Å². The molecule has 28 heavy (non-hydrogen) atoms. The Hall–Kier alpha value is -3.13. The van der Waals surface area contributed by atoms with E-state index >= 15 is 0 Å². The number of rotatable bonds is 5. The minimum absolute atomic E-state index is 0.207. The summed E-state index contributed by atoms with van der Waals surface area (Å²) in [5.41, 5.74) is 1.43. The van der Waals surface area contributed by atoms with Crippen LogP contribution in [-0.2, 0) is 0 Å². The molecule has 1 aromatic carbocycles. The van der Waals surface area contributed by atoms with Gasteiger partial charge in [0.2, 0.25) is 5.82 Å². The molecule has 8 nitrogen and oxygen atoms in total. The van der Waals surface area contributed by atoms with Crippen LogP contribution in [0.1, 0.15) is 12.8 Å². The number of aliphatic hydroxyl groups is 1. The van der Waals surface area contributed by atoms with Crippen LogP contribution in [0.5, 0.6) is 11.5 Å². The summed E-state index contributed by atoms with van der Waals surface area (Å²) >= 11 is 0. The zero-order valence-corrected chi connectivity index (χ0v) is 15.8. The van der Waals surface area contributed by atoms with E-state index in [1.807, 2.05) is 30.3 Å². The van der Waals surface area contributed by atoms with Gasteiger partial charge in [0.1, 0.15) is 5.82 Å². The highest BCUT2D eigenvalue weighted by molar-refractivity contribution is 5.69. The zero-order chi connectivity index (χ0) is 19.5. The van der Waals surface area contributed by atoms with E-state index in [9.17, 15) is 5.11 Å². The zero-order valence-electron chi connectivity index (χ0n) is 15.8. The number of methoxy groups -OCH3 is 2. The van der Waals surface area contributed by atoms with Crippen molar-refractivity contribution < 1.29 is 19.1 Å². The summed E-state index contributed by atoms with van der Waals surface area (Å²) < 4.78 is 16.2. The maximum atomic E-state index is 9.64. The van der Waals surface area contributed by atoms with Crippen LogP contribution < -0.4 is 14.4 Å². The van der Waals surface area contributed by atoms with Gasteiger partial charge in [-0.15, -0.1) is 0 Å². The van der Waals surface area contributed by atoms with E-state index in [-0.39, 0.29) is 6.10 Å². The lowest BCUT2D eigenvalue weighted by Gasteiger charge is -2.30. The number of hydrogen-bond acceptors (Lipinski definition) is 8. The van der Waals surface area contributed by atoms with Gasteiger partial charge in [-0.25, -0.2) is 4.98 Å². The third kappa shape index (κ3) is 3.50. The summed E-state index contributed by atoms with van der Waals surface area (Å²) in [4.78, 5) is 11.2. The van der Waals surface area contributed by atoms with Gasteiger partial charge < -0.3 is 24.0 Å². The molecular weight excluding hydrogens is 360 g/mol. The number of nitrogens with zero attached hydrogens (tertiary/aromatic N) is 4. The van der Waals surface area contributed by atoms with Gasteiger partial charge in [-0.1, -0.05) is 11.2 Å². The van der Waals surface area contributed by atoms with Crippen molar-refractivity contribution in [3.63, 3.8) is 0 Å². The number of piperidine rings is 1. The second kappa shape index (κ2) is 7.85. The largest absolute Gasteiger partial charge is 0.493 e. The fourth-order valence-electron chi connectivity index (χ4n) is 3.31. The molecule has 0 saturated carbocycles. The number of aliphatic hydroxyl groups excluding tert-OH is 1. The monoisotopic (exact) mass is 382 g/mol. The molecule has 2 aromatic heterocycles. The molecule has 1 aliphatic heterocycles. The maximum Gasteiger partial charge on any atom is 0.259 e. The van der Waals surface area contributed by atoms with Crippen molar-refractivity contribution in [2.75, 3.05) is 32.2 Å². The van der Waals surface area contributed by atoms with Gasteiger partial charge in [0.05, 0.1) is 31.5 Å². The first-order valence-electron chi connectivity index (χ1n) is 9.14. The predicted octanol–water partition coefficient (Wildman–Crippen LogP) is 2.78. The molecule has 0 unspecified atom stereocenters. The van der Waals surface area contributed by atoms with Crippen LogP contribution in [0.3, 0.4) is 0 Å². The number of anilines is 1. The van der Waals surface area contributed by atoms with Gasteiger partial charge in [0.15, 0.2) is 11.5 Å². The third-order valence-corrected chi connectivity index (χ3v) is 4.85. The first kappa shape index (κ1) is 18.2. The van der Waals surface area contributed by atoms with Gasteiger partial charge in [0.25, 0.3) is 5.89 Å². The van der Waals surface area contributed by atoms with Gasteiger partial charge >= 0.3 is 0 Å². The average molecular weight is 382 g/mol. The Balaban J connectivity index is 1.57. The minimum atomic E-state index is -0.207. The normalized spacial score (nSPS) is 14.9. The van der Waals surface area contributed by atoms with E-state index in [4.69, 9.17) is 14.0 Å². The van der Waals surface area contributed by atoms with Crippen LogP contribution in [0.4, 0.5) is 5.82 Å². The highest BCUT2D eigenvalue weighted by Gasteiger charge is 2.20. The quantitative estimate of drug-likeness (QED) is 0.720. The molecule has 0 amide bonds. The second-order valence-electron chi connectivity index (χ2n) is 6.59. The lowest BCUT2D eigenvalue weighted by Crippen LogP contribution is -2.36. The smallest absolute Gasteiger partial charge is 0.259 e. The van der Waals surface area contributed by atoms with Crippen molar-refractivity contribution in [1.29, 1.82) is 0 Å². The SMILES string of the molecule is COc1cccc(-c2noc(-c3ccc(N4CCC(O)CC4)nc3)n2)c1OC. The molecule has 1 N–H and O–H groups in total. The Morgan fingerprint density at radius 2 is 1.93 bits per heavy atom. The van der Waals surface area contributed by atoms with Crippen LogP contribution >= 0.6 is 0 Å². The standard InChI is InChI=1S/C20H22N4O4/c1-26-16-5-3-4-15(18(16)27-2)19-22-20(28-23-19)13-6-7-17(21-12-13)24-10-8-14(25)9-11-24/h3-7,12,14,25H,8-11H2,1-2H3. The molecule has 0 bridgehead atoms. The lowest BCUT2D eigenvalue weighted by atomic mass is 10.1. The molecule has 3 heterocycles. The molecule has 8 heteroatoms.